The van der Waals surface area contributed by atoms with Crippen molar-refractivity contribution in [2.45, 2.75) is 75.8 Å². The van der Waals surface area contributed by atoms with Crippen LogP contribution < -0.4 is 18.9 Å². The highest BCUT2D eigenvalue weighted by molar-refractivity contribution is 5.40. The van der Waals surface area contributed by atoms with E-state index < -0.39 is 0 Å². The summed E-state index contributed by atoms with van der Waals surface area (Å²) in [5.41, 5.74) is 0. The minimum absolute atomic E-state index is 0.189. The number of hydrogen-bond donors (Lipinski definition) is 0. The van der Waals surface area contributed by atoms with Crippen molar-refractivity contribution >= 4 is 0 Å². The second kappa shape index (κ2) is 25.4. The van der Waals surface area contributed by atoms with E-state index >= 15 is 0 Å². The van der Waals surface area contributed by atoms with Gasteiger partial charge in [0, 0.05) is 0 Å². The number of ether oxygens (including phenoxy) is 12. The smallest absolute Gasteiger partial charge is 0.161 e. The minimum Gasteiger partial charge on any atom is -0.487 e. The highest BCUT2D eigenvalue weighted by Gasteiger charge is 2.28. The largest absolute Gasteiger partial charge is 0.487 e. The van der Waals surface area contributed by atoms with Crippen LogP contribution in [0.25, 0.3) is 0 Å². The van der Waals surface area contributed by atoms with E-state index in [1.54, 1.807) is 0 Å². The fourth-order valence-electron chi connectivity index (χ4n) is 6.55. The molecule has 52 heavy (non-hydrogen) atoms. The summed E-state index contributed by atoms with van der Waals surface area (Å²) >= 11 is 0. The van der Waals surface area contributed by atoms with Gasteiger partial charge in [-0.2, -0.15) is 0 Å². The zero-order valence-corrected chi connectivity index (χ0v) is 30.8. The molecule has 2 aromatic rings. The number of rotatable bonds is 0. The van der Waals surface area contributed by atoms with Crippen molar-refractivity contribution in [2.75, 3.05) is 106 Å². The molecule has 4 atom stereocenters. The van der Waals surface area contributed by atoms with Crippen molar-refractivity contribution in [3.63, 3.8) is 0 Å². The Morgan fingerprint density at radius 1 is 0.288 bits per heavy atom. The van der Waals surface area contributed by atoms with Crippen LogP contribution in [0.5, 0.6) is 23.0 Å². The van der Waals surface area contributed by atoms with Crippen molar-refractivity contribution in [1.82, 2.24) is 0 Å². The van der Waals surface area contributed by atoms with Crippen molar-refractivity contribution in [2.24, 2.45) is 0 Å². The molecule has 0 radical (unpaired) electrons. The Morgan fingerprint density at radius 3 is 0.769 bits per heavy atom. The molecule has 0 N–H and O–H groups in total. The van der Waals surface area contributed by atoms with E-state index in [1.807, 2.05) is 48.5 Å². The Labute approximate surface area is 309 Å². The Bertz CT molecular complexity index is 1020. The van der Waals surface area contributed by atoms with Gasteiger partial charge < -0.3 is 56.8 Å². The summed E-state index contributed by atoms with van der Waals surface area (Å²) in [6.07, 6.45) is 9.93. The Balaban J connectivity index is 0.000000201. The topological polar surface area (TPSA) is 111 Å². The summed E-state index contributed by atoms with van der Waals surface area (Å²) in [5.74, 6) is 2.80. The molecule has 6 rings (SSSR count). The van der Waals surface area contributed by atoms with Gasteiger partial charge in [0.25, 0.3) is 0 Å². The zero-order valence-electron chi connectivity index (χ0n) is 30.8. The van der Waals surface area contributed by atoms with Gasteiger partial charge in [-0.15, -0.1) is 0 Å². The third-order valence-electron chi connectivity index (χ3n) is 9.16. The van der Waals surface area contributed by atoms with E-state index in [-0.39, 0.29) is 24.4 Å². The lowest BCUT2D eigenvalue weighted by molar-refractivity contribution is -0.129. The van der Waals surface area contributed by atoms with Gasteiger partial charge in [0.05, 0.1) is 104 Å². The number of fused-ring (bicyclic) bond motifs is 4. The van der Waals surface area contributed by atoms with Crippen LogP contribution in [-0.4, -0.2) is 130 Å². The predicted molar refractivity (Wildman–Crippen MR) is 194 cm³/mol. The van der Waals surface area contributed by atoms with Gasteiger partial charge in [0.15, 0.2) is 23.0 Å². The van der Waals surface area contributed by atoms with Crippen molar-refractivity contribution < 1.29 is 56.8 Å². The van der Waals surface area contributed by atoms with Gasteiger partial charge in [-0.25, -0.2) is 0 Å². The monoisotopic (exact) mass is 732 g/mol. The summed E-state index contributed by atoms with van der Waals surface area (Å²) in [6.45, 7) is 8.58. The SMILES string of the molecule is C1CCC2OCCOCCOC3CCCCC3OCCOCCOC2C1.c1ccc2c(c1)OCCOCCOc1ccccc1OCCOCCO2. The number of hydrogen-bond acceptors (Lipinski definition) is 12. The lowest BCUT2D eigenvalue weighted by atomic mass is 9.94. The van der Waals surface area contributed by atoms with Gasteiger partial charge in [0.1, 0.15) is 26.4 Å². The number of benzene rings is 2. The molecule has 1 saturated heterocycles. The molecular formula is C40H60O12. The summed E-state index contributed by atoms with van der Waals surface area (Å²) < 4.78 is 69.5. The summed E-state index contributed by atoms with van der Waals surface area (Å²) in [7, 11) is 0. The van der Waals surface area contributed by atoms with Gasteiger partial charge in [0.2, 0.25) is 0 Å². The Kier molecular flexibility index (Phi) is 19.8. The third kappa shape index (κ3) is 15.4. The highest BCUT2D eigenvalue weighted by atomic mass is 16.6. The van der Waals surface area contributed by atoms with Crippen molar-refractivity contribution in [3.05, 3.63) is 48.5 Å². The molecule has 2 saturated carbocycles. The Hall–Kier alpha value is -2.68. The molecule has 0 bridgehead atoms. The van der Waals surface area contributed by atoms with Crippen molar-refractivity contribution in [1.29, 1.82) is 0 Å². The van der Waals surface area contributed by atoms with Crippen LogP contribution in [0.15, 0.2) is 48.5 Å². The molecule has 292 valence electrons. The standard InChI is InChI=1S/C20H36O6.C20H24O6/c2*1-2-6-18-17(5-1)23-13-9-21-11-15-25-19-7-3-4-8-20(19)26-16-12-22-10-14-24-18/h17-20H,1-16H2;1-8H,9-16H2. The molecule has 2 aromatic carbocycles. The molecule has 0 spiro atoms. The molecule has 2 heterocycles. The van der Waals surface area contributed by atoms with Crippen LogP contribution in [0.3, 0.4) is 0 Å². The fourth-order valence-corrected chi connectivity index (χ4v) is 6.55. The van der Waals surface area contributed by atoms with E-state index in [4.69, 9.17) is 56.8 Å². The zero-order chi connectivity index (χ0) is 35.7. The van der Waals surface area contributed by atoms with Gasteiger partial charge in [-0.05, 0) is 49.9 Å². The molecule has 4 aliphatic rings. The average molecular weight is 733 g/mol. The van der Waals surface area contributed by atoms with Crippen LogP contribution >= 0.6 is 0 Å². The van der Waals surface area contributed by atoms with Crippen LogP contribution in [0, 0.1) is 0 Å². The van der Waals surface area contributed by atoms with Gasteiger partial charge in [-0.3, -0.25) is 0 Å². The lowest BCUT2D eigenvalue weighted by Crippen LogP contribution is -2.37. The van der Waals surface area contributed by atoms with E-state index in [0.29, 0.717) is 129 Å². The first-order chi connectivity index (χ1) is 25.9. The molecular weight excluding hydrogens is 672 g/mol. The average Bonchev–Trinajstić information content (AvgIpc) is 3.18. The normalized spacial score (nSPS) is 26.9. The van der Waals surface area contributed by atoms with E-state index in [9.17, 15) is 0 Å². The summed E-state index contributed by atoms with van der Waals surface area (Å²) in [6, 6.07) is 15.2. The van der Waals surface area contributed by atoms with Crippen LogP contribution in [0.4, 0.5) is 0 Å². The van der Waals surface area contributed by atoms with E-state index in [1.165, 1.54) is 25.7 Å². The fraction of sp³-hybridized carbons (Fsp3) is 0.700. The minimum atomic E-state index is 0.189. The van der Waals surface area contributed by atoms with Crippen LogP contribution in [0.2, 0.25) is 0 Å². The molecule has 0 aromatic heterocycles. The molecule has 4 unspecified atom stereocenters. The van der Waals surface area contributed by atoms with Crippen molar-refractivity contribution in [3.8, 4) is 23.0 Å². The second-order valence-corrected chi connectivity index (χ2v) is 12.9. The second-order valence-electron chi connectivity index (χ2n) is 12.9. The van der Waals surface area contributed by atoms with E-state index in [0.717, 1.165) is 25.7 Å². The predicted octanol–water partition coefficient (Wildman–Crippen LogP) is 5.67. The van der Waals surface area contributed by atoms with Gasteiger partial charge >= 0.3 is 0 Å². The summed E-state index contributed by atoms with van der Waals surface area (Å²) in [4.78, 5) is 0. The molecule has 0 amide bonds. The molecule has 3 fully saturated rings. The first-order valence-corrected chi connectivity index (χ1v) is 19.3. The summed E-state index contributed by atoms with van der Waals surface area (Å²) in [5, 5.41) is 0. The maximum Gasteiger partial charge on any atom is 0.161 e. The Morgan fingerprint density at radius 2 is 0.519 bits per heavy atom. The lowest BCUT2D eigenvalue weighted by Gasteiger charge is -2.32. The molecule has 12 heteroatoms. The first kappa shape index (κ1) is 40.5. The molecule has 2 aliphatic carbocycles. The molecule has 12 nitrogen and oxygen atoms in total. The first-order valence-electron chi connectivity index (χ1n) is 19.3. The quantitative estimate of drug-likeness (QED) is 0.333. The maximum absolute atomic E-state index is 6.03. The maximum atomic E-state index is 6.03. The van der Waals surface area contributed by atoms with E-state index in [2.05, 4.69) is 0 Å². The van der Waals surface area contributed by atoms with Crippen LogP contribution in [-0.2, 0) is 37.9 Å². The highest BCUT2D eigenvalue weighted by Crippen LogP contribution is 2.28. The molecule has 2 aliphatic heterocycles. The number of para-hydroxylation sites is 4. The van der Waals surface area contributed by atoms with Crippen LogP contribution in [0.1, 0.15) is 51.4 Å². The van der Waals surface area contributed by atoms with Gasteiger partial charge in [-0.1, -0.05) is 49.9 Å². The third-order valence-corrected chi connectivity index (χ3v) is 9.16.